The quantitative estimate of drug-likeness (QED) is 0.520. The molecular formula is C8H9ClN2O. The molecule has 1 rings (SSSR count). The van der Waals surface area contributed by atoms with Gasteiger partial charge in [0.1, 0.15) is 0 Å². The van der Waals surface area contributed by atoms with Crippen LogP contribution in [0.25, 0.3) is 0 Å². The van der Waals surface area contributed by atoms with Gasteiger partial charge in [0.2, 0.25) is 0 Å². The van der Waals surface area contributed by atoms with Gasteiger partial charge in [-0.1, -0.05) is 41.9 Å². The fraction of sp³-hybridized carbons (Fsp3) is 0.125. The molecule has 0 saturated heterocycles. The summed E-state index contributed by atoms with van der Waals surface area (Å²) in [6.45, 7) is 0. The zero-order chi connectivity index (χ0) is 9.19. The second-order valence-corrected chi connectivity index (χ2v) is 3.04. The van der Waals surface area contributed by atoms with Crippen molar-refractivity contribution >= 4 is 17.5 Å². The first-order valence-electron chi connectivity index (χ1n) is 3.38. The molecule has 0 radical (unpaired) electrons. The Bertz CT molecular complexity index is 284. The van der Waals surface area contributed by atoms with E-state index in [4.69, 9.17) is 23.1 Å². The molecule has 4 N–H and O–H groups in total. The van der Waals surface area contributed by atoms with Crippen LogP contribution in [-0.2, 0) is 9.79 Å². The molecule has 1 atom stereocenters. The van der Waals surface area contributed by atoms with E-state index in [2.05, 4.69) is 0 Å². The molecule has 0 aliphatic heterocycles. The second kappa shape index (κ2) is 3.13. The van der Waals surface area contributed by atoms with Gasteiger partial charge >= 0.3 is 0 Å². The second-order valence-electron chi connectivity index (χ2n) is 2.44. The number of primary amides is 1. The van der Waals surface area contributed by atoms with Gasteiger partial charge in [-0.05, 0) is 5.56 Å². The van der Waals surface area contributed by atoms with Gasteiger partial charge in [-0.15, -0.1) is 0 Å². The SMILES string of the molecule is NC(=O)C(N)(Cl)c1ccccc1. The van der Waals surface area contributed by atoms with Crippen LogP contribution in [0.1, 0.15) is 5.56 Å². The van der Waals surface area contributed by atoms with Gasteiger partial charge < -0.3 is 11.5 Å². The highest BCUT2D eigenvalue weighted by molar-refractivity contribution is 6.34. The highest BCUT2D eigenvalue weighted by atomic mass is 35.5. The number of nitrogens with two attached hydrogens (primary N) is 2. The number of carbonyl (C=O) groups is 1. The lowest BCUT2D eigenvalue weighted by Crippen LogP contribution is -2.44. The van der Waals surface area contributed by atoms with Crippen LogP contribution in [0.15, 0.2) is 30.3 Å². The minimum atomic E-state index is -1.60. The zero-order valence-corrected chi connectivity index (χ0v) is 7.08. The van der Waals surface area contributed by atoms with Gasteiger partial charge in [0.05, 0.1) is 0 Å². The van der Waals surface area contributed by atoms with Crippen LogP contribution in [-0.4, -0.2) is 5.91 Å². The third-order valence-electron chi connectivity index (χ3n) is 1.55. The van der Waals surface area contributed by atoms with Crippen molar-refractivity contribution in [3.05, 3.63) is 35.9 Å². The van der Waals surface area contributed by atoms with Crippen molar-refractivity contribution in [3.8, 4) is 0 Å². The highest BCUT2D eigenvalue weighted by Crippen LogP contribution is 2.21. The van der Waals surface area contributed by atoms with Crippen LogP contribution in [0.3, 0.4) is 0 Å². The maximum atomic E-state index is 10.8. The van der Waals surface area contributed by atoms with Crippen molar-refractivity contribution in [2.45, 2.75) is 5.00 Å². The molecule has 1 aromatic rings. The number of rotatable bonds is 2. The van der Waals surface area contributed by atoms with Crippen LogP contribution < -0.4 is 11.5 Å². The molecule has 1 aromatic carbocycles. The van der Waals surface area contributed by atoms with Crippen molar-refractivity contribution in [2.75, 3.05) is 0 Å². The van der Waals surface area contributed by atoms with E-state index in [9.17, 15) is 4.79 Å². The summed E-state index contributed by atoms with van der Waals surface area (Å²) >= 11 is 5.70. The number of halogens is 1. The highest BCUT2D eigenvalue weighted by Gasteiger charge is 2.30. The number of carbonyl (C=O) groups excluding carboxylic acids is 1. The van der Waals surface area contributed by atoms with Crippen molar-refractivity contribution in [1.29, 1.82) is 0 Å². The topological polar surface area (TPSA) is 69.1 Å². The van der Waals surface area contributed by atoms with Gasteiger partial charge in [-0.2, -0.15) is 0 Å². The number of amides is 1. The lowest BCUT2D eigenvalue weighted by molar-refractivity contribution is -0.120. The summed E-state index contributed by atoms with van der Waals surface area (Å²) in [5.41, 5.74) is 11.0. The van der Waals surface area contributed by atoms with Crippen LogP contribution in [0, 0.1) is 0 Å². The molecule has 1 amide bonds. The van der Waals surface area contributed by atoms with E-state index in [0.29, 0.717) is 5.56 Å². The van der Waals surface area contributed by atoms with Crippen LogP contribution in [0.2, 0.25) is 0 Å². The molecule has 0 heterocycles. The Labute approximate surface area is 75.3 Å². The van der Waals surface area contributed by atoms with Gasteiger partial charge in [0.15, 0.2) is 5.00 Å². The van der Waals surface area contributed by atoms with E-state index in [1.54, 1.807) is 30.3 Å². The fourth-order valence-electron chi connectivity index (χ4n) is 0.823. The van der Waals surface area contributed by atoms with Crippen molar-refractivity contribution in [2.24, 2.45) is 11.5 Å². The van der Waals surface area contributed by atoms with Crippen LogP contribution in [0.4, 0.5) is 0 Å². The fourth-order valence-corrected chi connectivity index (χ4v) is 0.949. The van der Waals surface area contributed by atoms with Crippen LogP contribution in [0.5, 0.6) is 0 Å². The molecule has 0 fully saturated rings. The van der Waals surface area contributed by atoms with E-state index in [-0.39, 0.29) is 0 Å². The summed E-state index contributed by atoms with van der Waals surface area (Å²) in [7, 11) is 0. The molecule has 0 aromatic heterocycles. The Morgan fingerprint density at radius 2 is 1.83 bits per heavy atom. The van der Waals surface area contributed by atoms with E-state index in [1.807, 2.05) is 0 Å². The Balaban J connectivity index is 3.06. The van der Waals surface area contributed by atoms with E-state index in [0.717, 1.165) is 0 Å². The molecule has 3 nitrogen and oxygen atoms in total. The number of hydrogen-bond acceptors (Lipinski definition) is 2. The van der Waals surface area contributed by atoms with E-state index >= 15 is 0 Å². The van der Waals surface area contributed by atoms with Gasteiger partial charge in [-0.25, -0.2) is 0 Å². The first-order valence-corrected chi connectivity index (χ1v) is 3.76. The lowest BCUT2D eigenvalue weighted by Gasteiger charge is -2.17. The number of benzene rings is 1. The average molecular weight is 185 g/mol. The Morgan fingerprint density at radius 1 is 1.33 bits per heavy atom. The standard InChI is InChI=1S/C8H9ClN2O/c9-8(11,7(10)12)6-4-2-1-3-5-6/h1-5H,11H2,(H2,10,12). The number of hydrogen-bond donors (Lipinski definition) is 2. The minimum Gasteiger partial charge on any atom is -0.367 e. The lowest BCUT2D eigenvalue weighted by atomic mass is 10.1. The average Bonchev–Trinajstić information content (AvgIpc) is 2.06. The molecule has 0 spiro atoms. The third-order valence-corrected chi connectivity index (χ3v) is 1.96. The smallest absolute Gasteiger partial charge is 0.257 e. The molecular weight excluding hydrogens is 176 g/mol. The van der Waals surface area contributed by atoms with Gasteiger partial charge in [0.25, 0.3) is 5.91 Å². The maximum Gasteiger partial charge on any atom is 0.257 e. The molecule has 4 heteroatoms. The van der Waals surface area contributed by atoms with Crippen LogP contribution >= 0.6 is 11.6 Å². The molecule has 1 unspecified atom stereocenters. The molecule has 12 heavy (non-hydrogen) atoms. The van der Waals surface area contributed by atoms with Crippen molar-refractivity contribution < 1.29 is 4.79 Å². The van der Waals surface area contributed by atoms with Crippen molar-refractivity contribution in [1.82, 2.24) is 0 Å². The molecule has 0 aliphatic carbocycles. The summed E-state index contributed by atoms with van der Waals surface area (Å²) in [6.07, 6.45) is 0. The van der Waals surface area contributed by atoms with Crippen molar-refractivity contribution in [3.63, 3.8) is 0 Å². The van der Waals surface area contributed by atoms with Gasteiger partial charge in [0, 0.05) is 0 Å². The summed E-state index contributed by atoms with van der Waals surface area (Å²) in [5, 5.41) is 0. The van der Waals surface area contributed by atoms with Gasteiger partial charge in [-0.3, -0.25) is 4.79 Å². The monoisotopic (exact) mass is 184 g/mol. The predicted octanol–water partition coefficient (Wildman–Crippen LogP) is 0.522. The third kappa shape index (κ3) is 1.57. The molecule has 64 valence electrons. The molecule has 0 aliphatic rings. The number of alkyl halides is 1. The zero-order valence-electron chi connectivity index (χ0n) is 6.33. The first kappa shape index (κ1) is 9.03. The predicted molar refractivity (Wildman–Crippen MR) is 47.4 cm³/mol. The summed E-state index contributed by atoms with van der Waals surface area (Å²) in [6, 6.07) is 8.58. The molecule has 0 saturated carbocycles. The summed E-state index contributed by atoms with van der Waals surface area (Å²) in [4.78, 5) is 9.19. The molecule has 0 bridgehead atoms. The van der Waals surface area contributed by atoms with E-state index in [1.165, 1.54) is 0 Å². The Hall–Kier alpha value is -1.06. The largest absolute Gasteiger partial charge is 0.367 e. The normalized spacial score (nSPS) is 15.2. The first-order chi connectivity index (χ1) is 5.55. The summed E-state index contributed by atoms with van der Waals surface area (Å²) in [5.74, 6) is -0.754. The Morgan fingerprint density at radius 3 is 2.25 bits per heavy atom. The maximum absolute atomic E-state index is 10.8. The minimum absolute atomic E-state index is 0.499. The Kier molecular flexibility index (Phi) is 2.35. The summed E-state index contributed by atoms with van der Waals surface area (Å²) < 4.78 is 0. The van der Waals surface area contributed by atoms with E-state index < -0.39 is 10.9 Å².